The molecule has 8 nitrogen and oxygen atoms in total. The van der Waals surface area contributed by atoms with Crippen LogP contribution in [-0.4, -0.2) is 71.6 Å². The van der Waals surface area contributed by atoms with E-state index >= 15 is 0 Å². The number of pyridine rings is 1. The number of aromatic nitrogens is 1. The zero-order valence-electron chi connectivity index (χ0n) is 18.7. The van der Waals surface area contributed by atoms with Crippen LogP contribution < -0.4 is 10.6 Å². The van der Waals surface area contributed by atoms with Gasteiger partial charge in [0.15, 0.2) is 6.29 Å². The highest BCUT2D eigenvalue weighted by Gasteiger charge is 2.34. The smallest absolute Gasteiger partial charge is 0.203 e. The van der Waals surface area contributed by atoms with Crippen molar-refractivity contribution in [3.63, 3.8) is 0 Å². The molecule has 0 spiro atoms. The van der Waals surface area contributed by atoms with Gasteiger partial charge in [-0.15, -0.1) is 0 Å². The van der Waals surface area contributed by atoms with Crippen LogP contribution in [0.4, 0.5) is 0 Å². The van der Waals surface area contributed by atoms with E-state index in [1.807, 2.05) is 25.5 Å². The molecule has 0 bridgehead atoms. The highest BCUT2D eigenvalue weighted by Crippen LogP contribution is 2.37. The molecule has 1 unspecified atom stereocenters. The first-order valence-electron chi connectivity index (χ1n) is 11.4. The highest BCUT2D eigenvalue weighted by atomic mass is 16.3. The SMILES string of the molecule is C/N=C\C(=C1\N=C(N2CCCC[C@H]2CCO)NC(N(C)Cc2cccnc2)N1)C1CC1. The number of likely N-dealkylation sites (tertiary alicyclic amines) is 1. The molecule has 0 aromatic carbocycles. The number of rotatable bonds is 7. The first kappa shape index (κ1) is 21.8. The molecule has 0 radical (unpaired) electrons. The summed E-state index contributed by atoms with van der Waals surface area (Å²) >= 11 is 0. The molecule has 1 aromatic heterocycles. The summed E-state index contributed by atoms with van der Waals surface area (Å²) in [5.41, 5.74) is 2.36. The Labute approximate surface area is 185 Å². The maximum absolute atomic E-state index is 9.59. The molecule has 1 saturated carbocycles. The molecule has 8 heteroatoms. The Kier molecular flexibility index (Phi) is 7.19. The van der Waals surface area contributed by atoms with E-state index in [-0.39, 0.29) is 12.9 Å². The number of guanidine groups is 1. The lowest BCUT2D eigenvalue weighted by molar-refractivity contribution is 0.152. The molecule has 168 valence electrons. The van der Waals surface area contributed by atoms with E-state index < -0.39 is 0 Å². The highest BCUT2D eigenvalue weighted by molar-refractivity contribution is 5.86. The summed E-state index contributed by atoms with van der Waals surface area (Å²) < 4.78 is 0. The number of aliphatic hydroxyl groups excluding tert-OH is 1. The Morgan fingerprint density at radius 1 is 1.32 bits per heavy atom. The molecule has 1 aromatic rings. The van der Waals surface area contributed by atoms with Gasteiger partial charge in [0, 0.05) is 57.0 Å². The maximum atomic E-state index is 9.59. The Morgan fingerprint density at radius 3 is 2.90 bits per heavy atom. The van der Waals surface area contributed by atoms with Crippen molar-refractivity contribution in [3.05, 3.63) is 41.5 Å². The van der Waals surface area contributed by atoms with Gasteiger partial charge in [0.1, 0.15) is 5.82 Å². The molecule has 1 aliphatic carbocycles. The maximum Gasteiger partial charge on any atom is 0.203 e. The van der Waals surface area contributed by atoms with Crippen LogP contribution in [0.2, 0.25) is 0 Å². The number of nitrogens with zero attached hydrogens (tertiary/aromatic N) is 5. The third-order valence-electron chi connectivity index (χ3n) is 6.27. The molecule has 31 heavy (non-hydrogen) atoms. The van der Waals surface area contributed by atoms with Crippen molar-refractivity contribution in [3.8, 4) is 0 Å². The van der Waals surface area contributed by atoms with Crippen LogP contribution >= 0.6 is 0 Å². The monoisotopic (exact) mass is 425 g/mol. The minimum absolute atomic E-state index is 0.0987. The standard InChI is InChI=1S/C23H35N7O/c1-24-15-20(18-8-9-18)21-26-22(29(2)16-17-6-5-11-25-14-17)28-23(27-21)30-12-4-3-7-19(30)10-13-31/h5-6,11,14-15,18-19,22,26,31H,3-4,7-10,12-13,16H2,1-2H3,(H,27,28)/b21-20-,24-15-/t19-,22?/m0/s1. The summed E-state index contributed by atoms with van der Waals surface area (Å²) in [5.74, 6) is 2.35. The van der Waals surface area contributed by atoms with Gasteiger partial charge in [-0.2, -0.15) is 4.99 Å². The second-order valence-electron chi connectivity index (χ2n) is 8.72. The van der Waals surface area contributed by atoms with Crippen molar-refractivity contribution in [1.82, 2.24) is 25.4 Å². The van der Waals surface area contributed by atoms with Crippen molar-refractivity contribution < 1.29 is 5.11 Å². The summed E-state index contributed by atoms with van der Waals surface area (Å²) in [7, 11) is 3.92. The van der Waals surface area contributed by atoms with E-state index in [0.29, 0.717) is 12.0 Å². The van der Waals surface area contributed by atoms with Gasteiger partial charge in [0.05, 0.1) is 0 Å². The van der Waals surface area contributed by atoms with Crippen LogP contribution in [0.25, 0.3) is 0 Å². The van der Waals surface area contributed by atoms with E-state index in [1.165, 1.54) is 24.8 Å². The Morgan fingerprint density at radius 2 is 2.19 bits per heavy atom. The van der Waals surface area contributed by atoms with Crippen LogP contribution in [0.5, 0.6) is 0 Å². The Balaban J connectivity index is 1.63. The van der Waals surface area contributed by atoms with Crippen molar-refractivity contribution in [1.29, 1.82) is 0 Å². The fourth-order valence-electron chi connectivity index (χ4n) is 4.47. The first-order chi connectivity index (χ1) is 15.2. The van der Waals surface area contributed by atoms with Gasteiger partial charge in [-0.3, -0.25) is 14.9 Å². The van der Waals surface area contributed by atoms with E-state index in [4.69, 9.17) is 4.99 Å². The lowest BCUT2D eigenvalue weighted by Gasteiger charge is -2.43. The zero-order chi connectivity index (χ0) is 21.6. The predicted octanol–water partition coefficient (Wildman–Crippen LogP) is 1.90. The number of piperidine rings is 1. The summed E-state index contributed by atoms with van der Waals surface area (Å²) in [5, 5.41) is 16.8. The second-order valence-corrected chi connectivity index (χ2v) is 8.72. The van der Waals surface area contributed by atoms with Gasteiger partial charge < -0.3 is 20.6 Å². The molecule has 2 atom stereocenters. The summed E-state index contributed by atoms with van der Waals surface area (Å²) in [6, 6.07) is 4.39. The van der Waals surface area contributed by atoms with E-state index in [0.717, 1.165) is 49.7 Å². The van der Waals surface area contributed by atoms with E-state index in [2.05, 4.69) is 43.5 Å². The normalized spacial score (nSPS) is 25.9. The van der Waals surface area contributed by atoms with Crippen LogP contribution in [0, 0.1) is 5.92 Å². The van der Waals surface area contributed by atoms with Gasteiger partial charge in [0.2, 0.25) is 5.96 Å². The predicted molar refractivity (Wildman–Crippen MR) is 123 cm³/mol. The number of hydrogen-bond donors (Lipinski definition) is 3. The number of aliphatic imine (C=N–C) groups is 2. The lowest BCUT2D eigenvalue weighted by atomic mass is 10.00. The molecule has 2 fully saturated rings. The minimum Gasteiger partial charge on any atom is -0.396 e. The zero-order valence-corrected chi connectivity index (χ0v) is 18.7. The average Bonchev–Trinajstić information content (AvgIpc) is 3.64. The fourth-order valence-corrected chi connectivity index (χ4v) is 4.47. The minimum atomic E-state index is -0.0987. The quantitative estimate of drug-likeness (QED) is 0.579. The van der Waals surface area contributed by atoms with Crippen LogP contribution in [0.1, 0.15) is 44.1 Å². The van der Waals surface area contributed by atoms with Crippen molar-refractivity contribution in [2.24, 2.45) is 15.9 Å². The summed E-state index contributed by atoms with van der Waals surface area (Å²) in [6.45, 7) is 1.93. The van der Waals surface area contributed by atoms with Gasteiger partial charge >= 0.3 is 0 Å². The van der Waals surface area contributed by atoms with Gasteiger partial charge in [-0.25, -0.2) is 0 Å². The van der Waals surface area contributed by atoms with Crippen molar-refractivity contribution in [2.75, 3.05) is 27.2 Å². The molecule has 2 aliphatic heterocycles. The summed E-state index contributed by atoms with van der Waals surface area (Å²) in [4.78, 5) is 18.2. The molecule has 1 saturated heterocycles. The number of aliphatic hydroxyl groups is 1. The van der Waals surface area contributed by atoms with Crippen molar-refractivity contribution >= 4 is 12.2 Å². The molecule has 3 heterocycles. The fraction of sp³-hybridized carbons (Fsp3) is 0.609. The van der Waals surface area contributed by atoms with Gasteiger partial charge in [0.25, 0.3) is 0 Å². The lowest BCUT2D eigenvalue weighted by Crippen LogP contribution is -2.62. The summed E-state index contributed by atoms with van der Waals surface area (Å²) in [6.07, 6.45) is 12.2. The Hall–Kier alpha value is -2.45. The topological polar surface area (TPSA) is 88.4 Å². The third kappa shape index (κ3) is 5.43. The molecule has 4 rings (SSSR count). The van der Waals surface area contributed by atoms with Crippen molar-refractivity contribution in [2.45, 2.75) is 57.4 Å². The molecule has 3 aliphatic rings. The first-order valence-corrected chi connectivity index (χ1v) is 11.4. The van der Waals surface area contributed by atoms with E-state index in [1.54, 1.807) is 6.20 Å². The molecular weight excluding hydrogens is 390 g/mol. The second kappa shape index (κ2) is 10.2. The number of nitrogens with one attached hydrogen (secondary N) is 2. The largest absolute Gasteiger partial charge is 0.396 e. The van der Waals surface area contributed by atoms with Gasteiger partial charge in [-0.05, 0) is 63.1 Å². The third-order valence-corrected chi connectivity index (χ3v) is 6.27. The molecule has 0 amide bonds. The van der Waals surface area contributed by atoms with Gasteiger partial charge in [-0.1, -0.05) is 6.07 Å². The Bertz CT molecular complexity index is 816. The average molecular weight is 426 g/mol. The van der Waals surface area contributed by atoms with E-state index in [9.17, 15) is 5.11 Å². The van der Waals surface area contributed by atoms with Crippen LogP contribution in [-0.2, 0) is 6.54 Å². The van der Waals surface area contributed by atoms with Crippen LogP contribution in [0.15, 0.2) is 45.9 Å². The molecular formula is C23H35N7O. The number of allylic oxidation sites excluding steroid dienone is 1. The number of hydrogen-bond acceptors (Lipinski definition) is 8. The van der Waals surface area contributed by atoms with Crippen LogP contribution in [0.3, 0.4) is 0 Å². The molecule has 3 N–H and O–H groups in total.